The lowest BCUT2D eigenvalue weighted by Gasteiger charge is -2.15. The van der Waals surface area contributed by atoms with E-state index >= 15 is 0 Å². The van der Waals surface area contributed by atoms with Crippen molar-refractivity contribution in [2.75, 3.05) is 6.54 Å². The molecule has 0 saturated heterocycles. The Morgan fingerprint density at radius 3 is 3.36 bits per heavy atom. The van der Waals surface area contributed by atoms with E-state index in [1.54, 1.807) is 10.8 Å². The predicted octanol–water partition coefficient (Wildman–Crippen LogP) is 0.0784. The first kappa shape index (κ1) is 7.87. The maximum Gasteiger partial charge on any atom is 0.163 e. The summed E-state index contributed by atoms with van der Waals surface area (Å²) in [7, 11) is 0. The molecule has 0 saturated carbocycles. The van der Waals surface area contributed by atoms with Crippen molar-refractivity contribution < 1.29 is 0 Å². The van der Waals surface area contributed by atoms with Gasteiger partial charge in [-0.3, -0.25) is 0 Å². The lowest BCUT2D eigenvalue weighted by Crippen LogP contribution is -2.25. The second-order valence-corrected chi connectivity index (χ2v) is 3.52. The first-order valence-corrected chi connectivity index (χ1v) is 4.75. The summed E-state index contributed by atoms with van der Waals surface area (Å²) in [5.41, 5.74) is 3.29. The molecule has 0 bridgehead atoms. The summed E-state index contributed by atoms with van der Waals surface area (Å²) in [6.45, 7) is 3.75. The fourth-order valence-corrected chi connectivity index (χ4v) is 1.86. The maximum absolute atomic E-state index is 4.40. The Morgan fingerprint density at radius 2 is 2.43 bits per heavy atom. The van der Waals surface area contributed by atoms with Gasteiger partial charge in [-0.05, 0) is 6.92 Å². The average Bonchev–Trinajstić information content (AvgIpc) is 2.59. The molecule has 2 aromatic heterocycles. The number of aromatic nitrogens is 4. The molecule has 0 amide bonds. The third-order valence-corrected chi connectivity index (χ3v) is 2.52. The quantitative estimate of drug-likeness (QED) is 0.637. The molecule has 5 nitrogen and oxygen atoms in total. The smallest absolute Gasteiger partial charge is 0.163 e. The number of rotatable bonds is 0. The Bertz CT molecular complexity index is 487. The van der Waals surface area contributed by atoms with Gasteiger partial charge in [0.25, 0.3) is 0 Å². The van der Waals surface area contributed by atoms with E-state index in [4.69, 9.17) is 0 Å². The van der Waals surface area contributed by atoms with Gasteiger partial charge in [-0.15, -0.1) is 0 Å². The highest BCUT2D eigenvalue weighted by atomic mass is 15.3. The molecule has 72 valence electrons. The van der Waals surface area contributed by atoms with Crippen LogP contribution in [0.15, 0.2) is 6.33 Å². The zero-order valence-electron chi connectivity index (χ0n) is 7.99. The molecule has 3 rings (SSSR count). The number of fused-ring (bicyclic) bond motifs is 3. The van der Waals surface area contributed by atoms with Gasteiger partial charge in [-0.25, -0.2) is 14.5 Å². The van der Waals surface area contributed by atoms with E-state index in [0.29, 0.717) is 0 Å². The Labute approximate surface area is 81.2 Å². The van der Waals surface area contributed by atoms with Crippen LogP contribution in [0.3, 0.4) is 0 Å². The van der Waals surface area contributed by atoms with Crippen molar-refractivity contribution in [3.63, 3.8) is 0 Å². The van der Waals surface area contributed by atoms with Crippen molar-refractivity contribution in [1.82, 2.24) is 24.9 Å². The van der Waals surface area contributed by atoms with E-state index in [9.17, 15) is 0 Å². The van der Waals surface area contributed by atoms with Crippen LogP contribution in [0, 0.1) is 6.92 Å². The minimum absolute atomic E-state index is 0.797. The van der Waals surface area contributed by atoms with Crippen molar-refractivity contribution in [3.8, 4) is 0 Å². The third-order valence-electron chi connectivity index (χ3n) is 2.52. The molecule has 0 aromatic carbocycles. The van der Waals surface area contributed by atoms with Crippen LogP contribution in [0.4, 0.5) is 0 Å². The van der Waals surface area contributed by atoms with E-state index in [0.717, 1.165) is 36.7 Å². The number of hydrogen-bond donors (Lipinski definition) is 1. The number of nitrogens with zero attached hydrogens (tertiary/aromatic N) is 4. The van der Waals surface area contributed by atoms with Gasteiger partial charge in [-0.1, -0.05) is 0 Å². The largest absolute Gasteiger partial charge is 0.312 e. The number of nitrogens with one attached hydrogen (secondary N) is 1. The van der Waals surface area contributed by atoms with Gasteiger partial charge in [0.2, 0.25) is 0 Å². The van der Waals surface area contributed by atoms with Crippen molar-refractivity contribution in [3.05, 3.63) is 23.4 Å². The molecular formula is C9H11N5. The standard InChI is InChI=1S/C9H11N5/c1-6-12-9-7-4-10-3-2-8(7)11-5-14(9)13-6/h5,10H,2-4H2,1H3. The van der Waals surface area contributed by atoms with Crippen LogP contribution in [0.2, 0.25) is 0 Å². The maximum atomic E-state index is 4.40. The van der Waals surface area contributed by atoms with E-state index in [1.165, 1.54) is 5.56 Å². The second-order valence-electron chi connectivity index (χ2n) is 3.52. The molecule has 0 radical (unpaired) electrons. The average molecular weight is 189 g/mol. The minimum atomic E-state index is 0.797. The molecule has 0 fully saturated rings. The van der Waals surface area contributed by atoms with Crippen molar-refractivity contribution in [2.24, 2.45) is 0 Å². The molecule has 1 N–H and O–H groups in total. The molecule has 3 heterocycles. The monoisotopic (exact) mass is 189 g/mol. The summed E-state index contributed by atoms with van der Waals surface area (Å²) in [6.07, 6.45) is 2.73. The lowest BCUT2D eigenvalue weighted by molar-refractivity contribution is 0.626. The lowest BCUT2D eigenvalue weighted by atomic mass is 10.1. The van der Waals surface area contributed by atoms with Crippen LogP contribution in [-0.4, -0.2) is 26.1 Å². The minimum Gasteiger partial charge on any atom is -0.312 e. The molecule has 2 aromatic rings. The van der Waals surface area contributed by atoms with Gasteiger partial charge < -0.3 is 5.32 Å². The number of aryl methyl sites for hydroxylation is 1. The van der Waals surface area contributed by atoms with Gasteiger partial charge >= 0.3 is 0 Å². The molecular weight excluding hydrogens is 178 g/mol. The van der Waals surface area contributed by atoms with E-state index in [-0.39, 0.29) is 0 Å². The third kappa shape index (κ3) is 1.02. The highest BCUT2D eigenvalue weighted by molar-refractivity contribution is 5.49. The molecule has 1 aliphatic heterocycles. The summed E-state index contributed by atoms with van der Waals surface area (Å²) in [6, 6.07) is 0. The van der Waals surface area contributed by atoms with Gasteiger partial charge in [0, 0.05) is 25.1 Å². The molecule has 14 heavy (non-hydrogen) atoms. The molecule has 0 spiro atoms. The SMILES string of the molecule is Cc1nc2c3c(ncn2n1)CCNC3. The second kappa shape index (κ2) is 2.75. The van der Waals surface area contributed by atoms with Crippen LogP contribution >= 0.6 is 0 Å². The Balaban J connectivity index is 2.33. The van der Waals surface area contributed by atoms with E-state index < -0.39 is 0 Å². The summed E-state index contributed by atoms with van der Waals surface area (Å²) >= 11 is 0. The van der Waals surface area contributed by atoms with Crippen LogP contribution < -0.4 is 5.32 Å². The van der Waals surface area contributed by atoms with Crippen molar-refractivity contribution >= 4 is 5.65 Å². The number of hydrogen-bond acceptors (Lipinski definition) is 4. The molecule has 5 heteroatoms. The summed E-state index contributed by atoms with van der Waals surface area (Å²) < 4.78 is 1.75. The topological polar surface area (TPSA) is 55.1 Å². The highest BCUT2D eigenvalue weighted by Gasteiger charge is 2.15. The summed E-state index contributed by atoms with van der Waals surface area (Å²) in [5, 5.41) is 7.56. The molecule has 1 aliphatic rings. The van der Waals surface area contributed by atoms with Crippen LogP contribution in [0.1, 0.15) is 17.1 Å². The van der Waals surface area contributed by atoms with Crippen LogP contribution in [0.5, 0.6) is 0 Å². The first-order chi connectivity index (χ1) is 6.84. The highest BCUT2D eigenvalue weighted by Crippen LogP contribution is 2.15. The molecule has 0 unspecified atom stereocenters. The van der Waals surface area contributed by atoms with E-state index in [2.05, 4.69) is 20.4 Å². The summed E-state index contributed by atoms with van der Waals surface area (Å²) in [4.78, 5) is 8.78. The van der Waals surface area contributed by atoms with Crippen LogP contribution in [-0.2, 0) is 13.0 Å². The van der Waals surface area contributed by atoms with Crippen molar-refractivity contribution in [1.29, 1.82) is 0 Å². The van der Waals surface area contributed by atoms with Gasteiger partial charge in [-0.2, -0.15) is 5.10 Å². The fraction of sp³-hybridized carbons (Fsp3) is 0.444. The predicted molar refractivity (Wildman–Crippen MR) is 50.9 cm³/mol. The van der Waals surface area contributed by atoms with Gasteiger partial charge in [0.05, 0.1) is 5.69 Å². The van der Waals surface area contributed by atoms with Gasteiger partial charge in [0.15, 0.2) is 5.65 Å². The van der Waals surface area contributed by atoms with Crippen molar-refractivity contribution in [2.45, 2.75) is 19.9 Å². The zero-order chi connectivity index (χ0) is 9.54. The fourth-order valence-electron chi connectivity index (χ4n) is 1.86. The molecule has 0 atom stereocenters. The molecule has 0 aliphatic carbocycles. The Hall–Kier alpha value is -1.49. The van der Waals surface area contributed by atoms with Gasteiger partial charge in [0.1, 0.15) is 12.2 Å². The first-order valence-electron chi connectivity index (χ1n) is 4.75. The van der Waals surface area contributed by atoms with E-state index in [1.807, 2.05) is 6.92 Å². The zero-order valence-corrected chi connectivity index (χ0v) is 7.99. The van der Waals surface area contributed by atoms with Crippen LogP contribution in [0.25, 0.3) is 5.65 Å². The Kier molecular flexibility index (Phi) is 1.55. The Morgan fingerprint density at radius 1 is 1.50 bits per heavy atom. The normalized spacial score (nSPS) is 15.8. The summed E-state index contributed by atoms with van der Waals surface area (Å²) in [5.74, 6) is 0.797.